The zero-order chi connectivity index (χ0) is 23.1. The van der Waals surface area contributed by atoms with E-state index < -0.39 is 0 Å². The van der Waals surface area contributed by atoms with Gasteiger partial charge in [-0.2, -0.15) is 5.10 Å². The molecule has 184 valence electrons. The first-order valence-electron chi connectivity index (χ1n) is 11.8. The standard InChI is InChI=1S/C25H41N7.HI/c1-19(16-24-20(2)29-31(6)21(24)3)28-25(26-4)27-17-22-8-10-23(11-9-22)18-32-13-7-12-30(5)14-15-32;/h8-11,19H,7,12-18H2,1-6H3,(H2,26,27,28);1H. The van der Waals surface area contributed by atoms with Gasteiger partial charge in [0.2, 0.25) is 0 Å². The van der Waals surface area contributed by atoms with E-state index in [1.54, 1.807) is 0 Å². The lowest BCUT2D eigenvalue weighted by Gasteiger charge is -2.20. The molecule has 1 unspecified atom stereocenters. The van der Waals surface area contributed by atoms with E-state index in [9.17, 15) is 0 Å². The minimum Gasteiger partial charge on any atom is -0.354 e. The fourth-order valence-corrected chi connectivity index (χ4v) is 4.36. The summed E-state index contributed by atoms with van der Waals surface area (Å²) in [5, 5.41) is 11.5. The first-order valence-corrected chi connectivity index (χ1v) is 11.8. The molecule has 2 heterocycles. The Morgan fingerprint density at radius 1 is 1.06 bits per heavy atom. The fourth-order valence-electron chi connectivity index (χ4n) is 4.36. The van der Waals surface area contributed by atoms with Gasteiger partial charge in [-0.05, 0) is 70.4 Å². The molecule has 2 N–H and O–H groups in total. The molecule has 0 amide bonds. The molecule has 0 saturated carbocycles. The first-order chi connectivity index (χ1) is 15.4. The minimum atomic E-state index is 0. The molecule has 1 aromatic carbocycles. The van der Waals surface area contributed by atoms with E-state index in [1.165, 1.54) is 41.9 Å². The van der Waals surface area contributed by atoms with Crippen LogP contribution >= 0.6 is 24.0 Å². The highest BCUT2D eigenvalue weighted by Crippen LogP contribution is 2.14. The van der Waals surface area contributed by atoms with Gasteiger partial charge in [-0.25, -0.2) is 0 Å². The topological polar surface area (TPSA) is 60.7 Å². The van der Waals surface area contributed by atoms with Crippen molar-refractivity contribution in [3.8, 4) is 0 Å². The molecule has 3 rings (SSSR count). The average Bonchev–Trinajstić information content (AvgIpc) is 2.91. The van der Waals surface area contributed by atoms with Crippen LogP contribution in [0.5, 0.6) is 0 Å². The molecule has 0 bridgehead atoms. The Labute approximate surface area is 217 Å². The van der Waals surface area contributed by atoms with Gasteiger partial charge in [0.1, 0.15) is 0 Å². The largest absolute Gasteiger partial charge is 0.354 e. The third-order valence-corrected chi connectivity index (χ3v) is 6.48. The third kappa shape index (κ3) is 8.26. The molecule has 1 atom stereocenters. The van der Waals surface area contributed by atoms with E-state index in [0.717, 1.165) is 44.3 Å². The maximum atomic E-state index is 4.53. The normalized spacial score (nSPS) is 16.7. The number of nitrogens with zero attached hydrogens (tertiary/aromatic N) is 5. The molecule has 0 spiro atoms. The van der Waals surface area contributed by atoms with Crippen LogP contribution in [0.3, 0.4) is 0 Å². The predicted molar refractivity (Wildman–Crippen MR) is 148 cm³/mol. The van der Waals surface area contributed by atoms with Crippen molar-refractivity contribution in [2.75, 3.05) is 40.3 Å². The van der Waals surface area contributed by atoms with Crippen LogP contribution in [-0.4, -0.2) is 71.9 Å². The van der Waals surface area contributed by atoms with Crippen molar-refractivity contribution in [3.05, 3.63) is 52.3 Å². The lowest BCUT2D eigenvalue weighted by Crippen LogP contribution is -2.42. The highest BCUT2D eigenvalue weighted by atomic mass is 127. The monoisotopic (exact) mass is 567 g/mol. The van der Waals surface area contributed by atoms with Gasteiger partial charge in [0.15, 0.2) is 5.96 Å². The lowest BCUT2D eigenvalue weighted by atomic mass is 10.1. The predicted octanol–water partition coefficient (Wildman–Crippen LogP) is 3.09. The molecule has 1 saturated heterocycles. The number of hydrogen-bond donors (Lipinski definition) is 2. The molecule has 0 aliphatic carbocycles. The minimum absolute atomic E-state index is 0. The Bertz CT molecular complexity index is 891. The highest BCUT2D eigenvalue weighted by Gasteiger charge is 2.14. The quantitative estimate of drug-likeness (QED) is 0.306. The number of aryl methyl sites for hydroxylation is 2. The van der Waals surface area contributed by atoms with Crippen molar-refractivity contribution in [3.63, 3.8) is 0 Å². The summed E-state index contributed by atoms with van der Waals surface area (Å²) >= 11 is 0. The van der Waals surface area contributed by atoms with E-state index in [-0.39, 0.29) is 30.0 Å². The van der Waals surface area contributed by atoms with Crippen LogP contribution < -0.4 is 10.6 Å². The zero-order valence-corrected chi connectivity index (χ0v) is 23.5. The van der Waals surface area contributed by atoms with Gasteiger partial charge in [0.05, 0.1) is 5.69 Å². The summed E-state index contributed by atoms with van der Waals surface area (Å²) in [5.41, 5.74) is 6.30. The second kappa shape index (κ2) is 13.3. The summed E-state index contributed by atoms with van der Waals surface area (Å²) in [7, 11) is 6.04. The fraction of sp³-hybridized carbons (Fsp3) is 0.600. The molecule has 33 heavy (non-hydrogen) atoms. The number of aliphatic imine (C=N–C) groups is 1. The van der Waals surface area contributed by atoms with Crippen molar-refractivity contribution < 1.29 is 0 Å². The highest BCUT2D eigenvalue weighted by molar-refractivity contribution is 14.0. The van der Waals surface area contributed by atoms with E-state index in [0.29, 0.717) is 0 Å². The molecule has 1 aromatic heterocycles. The van der Waals surface area contributed by atoms with Crippen LogP contribution in [0.2, 0.25) is 0 Å². The van der Waals surface area contributed by atoms with Crippen molar-refractivity contribution in [1.82, 2.24) is 30.2 Å². The van der Waals surface area contributed by atoms with E-state index in [1.807, 2.05) is 18.8 Å². The van der Waals surface area contributed by atoms with Crippen molar-refractivity contribution >= 4 is 29.9 Å². The second-order valence-electron chi connectivity index (χ2n) is 9.20. The van der Waals surface area contributed by atoms with Gasteiger partial charge in [-0.3, -0.25) is 14.6 Å². The van der Waals surface area contributed by atoms with Crippen LogP contribution in [0.25, 0.3) is 0 Å². The maximum absolute atomic E-state index is 4.53. The Balaban J connectivity index is 0.00000385. The Morgan fingerprint density at radius 3 is 2.39 bits per heavy atom. The molecule has 1 aliphatic rings. The second-order valence-corrected chi connectivity index (χ2v) is 9.20. The Morgan fingerprint density at radius 2 is 1.76 bits per heavy atom. The molecular weight excluding hydrogens is 525 g/mol. The lowest BCUT2D eigenvalue weighted by molar-refractivity contribution is 0.269. The number of likely N-dealkylation sites (N-methyl/N-ethyl adjacent to an activating group) is 1. The third-order valence-electron chi connectivity index (χ3n) is 6.48. The zero-order valence-electron chi connectivity index (χ0n) is 21.2. The van der Waals surface area contributed by atoms with Gasteiger partial charge >= 0.3 is 0 Å². The summed E-state index contributed by atoms with van der Waals surface area (Å²) in [6, 6.07) is 9.24. The first kappa shape index (κ1) is 27.6. The summed E-state index contributed by atoms with van der Waals surface area (Å²) in [6.45, 7) is 12.9. The molecule has 7 nitrogen and oxygen atoms in total. The summed E-state index contributed by atoms with van der Waals surface area (Å²) in [5.74, 6) is 0.828. The van der Waals surface area contributed by atoms with Crippen molar-refractivity contribution in [1.29, 1.82) is 0 Å². The SMILES string of the molecule is CN=C(NCc1ccc(CN2CCCN(C)CC2)cc1)NC(C)Cc1c(C)nn(C)c1C.I. The smallest absolute Gasteiger partial charge is 0.191 e. The maximum Gasteiger partial charge on any atom is 0.191 e. The molecule has 0 radical (unpaired) electrons. The van der Waals surface area contributed by atoms with Crippen LogP contribution in [0.4, 0.5) is 0 Å². The van der Waals surface area contributed by atoms with Gasteiger partial charge in [0, 0.05) is 52.0 Å². The summed E-state index contributed by atoms with van der Waals surface area (Å²) in [6.07, 6.45) is 2.18. The van der Waals surface area contributed by atoms with Gasteiger partial charge in [-0.15, -0.1) is 24.0 Å². The van der Waals surface area contributed by atoms with Crippen molar-refractivity contribution in [2.45, 2.75) is 52.7 Å². The molecule has 1 fully saturated rings. The molecule has 2 aromatic rings. The average molecular weight is 568 g/mol. The van der Waals surface area contributed by atoms with Crippen LogP contribution in [-0.2, 0) is 26.6 Å². The van der Waals surface area contributed by atoms with Gasteiger partial charge < -0.3 is 15.5 Å². The number of nitrogens with one attached hydrogen (secondary N) is 2. The number of rotatable bonds is 7. The van der Waals surface area contributed by atoms with Crippen LogP contribution in [0.1, 0.15) is 41.4 Å². The summed E-state index contributed by atoms with van der Waals surface area (Å²) in [4.78, 5) is 9.40. The van der Waals surface area contributed by atoms with Crippen LogP contribution in [0, 0.1) is 13.8 Å². The molecule has 8 heteroatoms. The van der Waals surface area contributed by atoms with E-state index in [2.05, 4.69) is 82.6 Å². The Hall–Kier alpha value is -1.65. The number of guanidine groups is 1. The van der Waals surface area contributed by atoms with Crippen molar-refractivity contribution in [2.24, 2.45) is 12.0 Å². The van der Waals surface area contributed by atoms with Gasteiger partial charge in [-0.1, -0.05) is 24.3 Å². The van der Waals surface area contributed by atoms with E-state index in [4.69, 9.17) is 0 Å². The van der Waals surface area contributed by atoms with Gasteiger partial charge in [0.25, 0.3) is 0 Å². The van der Waals surface area contributed by atoms with E-state index >= 15 is 0 Å². The molecular formula is C25H42IN7. The van der Waals surface area contributed by atoms with Crippen LogP contribution in [0.15, 0.2) is 29.3 Å². The number of aromatic nitrogens is 2. The number of halogens is 1. The number of benzene rings is 1. The summed E-state index contributed by atoms with van der Waals surface area (Å²) < 4.78 is 1.96. The Kier molecular flexibility index (Phi) is 11.1. The number of hydrogen-bond acceptors (Lipinski definition) is 4. The molecule has 1 aliphatic heterocycles.